The van der Waals surface area contributed by atoms with Crippen molar-refractivity contribution in [3.63, 3.8) is 0 Å². The monoisotopic (exact) mass is 953 g/mol. The minimum absolute atomic E-state index is 0.0230. The quantitative estimate of drug-likeness (QED) is 0.0746. The first kappa shape index (κ1) is 47.1. The highest BCUT2D eigenvalue weighted by atomic mass is 35.5. The van der Waals surface area contributed by atoms with Crippen LogP contribution in [0, 0.1) is 26.7 Å². The van der Waals surface area contributed by atoms with Gasteiger partial charge in [-0.2, -0.15) is 0 Å². The molecule has 8 rings (SSSR count). The molecule has 16 nitrogen and oxygen atoms in total. The van der Waals surface area contributed by atoms with Crippen molar-refractivity contribution in [3.8, 4) is 16.3 Å². The summed E-state index contributed by atoms with van der Waals surface area (Å²) in [7, 11) is 0. The van der Waals surface area contributed by atoms with E-state index in [-0.39, 0.29) is 49.1 Å². The van der Waals surface area contributed by atoms with Gasteiger partial charge in [-0.1, -0.05) is 77.8 Å². The van der Waals surface area contributed by atoms with Gasteiger partial charge in [-0.05, 0) is 77.0 Å². The second-order valence-electron chi connectivity index (χ2n) is 17.1. The van der Waals surface area contributed by atoms with E-state index < -0.39 is 24.2 Å². The van der Waals surface area contributed by atoms with Gasteiger partial charge >= 0.3 is 0 Å². The number of benzene rings is 2. The predicted molar refractivity (Wildman–Crippen MR) is 256 cm³/mol. The Morgan fingerprint density at radius 3 is 2.42 bits per heavy atom. The summed E-state index contributed by atoms with van der Waals surface area (Å²) in [5.74, 6) is 0.310. The summed E-state index contributed by atoms with van der Waals surface area (Å²) in [6, 6.07) is 14.5. The molecule has 1 saturated carbocycles. The molecule has 1 saturated heterocycles. The van der Waals surface area contributed by atoms with Crippen LogP contribution in [0.4, 0.5) is 5.00 Å². The molecule has 0 radical (unpaired) electrons. The van der Waals surface area contributed by atoms with E-state index in [1.54, 1.807) is 23.2 Å². The van der Waals surface area contributed by atoms with E-state index in [2.05, 4.69) is 54.9 Å². The van der Waals surface area contributed by atoms with Crippen molar-refractivity contribution in [2.24, 2.45) is 10.9 Å². The van der Waals surface area contributed by atoms with E-state index in [4.69, 9.17) is 21.3 Å². The molecule has 0 bridgehead atoms. The van der Waals surface area contributed by atoms with Crippen molar-refractivity contribution < 1.29 is 23.9 Å². The molecule has 66 heavy (non-hydrogen) atoms. The van der Waals surface area contributed by atoms with Crippen LogP contribution >= 0.6 is 34.5 Å². The molecular formula is C47H56ClN11O5S2. The van der Waals surface area contributed by atoms with Crippen LogP contribution in [0.15, 0.2) is 59.6 Å². The Balaban J connectivity index is 0.816. The number of hydrogen-bond donors (Lipinski definition) is 4. The number of likely N-dealkylation sites (tertiary alicyclic amines) is 1. The molecule has 5 heterocycles. The number of nitrogens with zero attached hydrogens (tertiary/aromatic N) is 7. The Labute approximate surface area is 397 Å². The second kappa shape index (κ2) is 21.5. The molecule has 5 aromatic rings. The topological polar surface area (TPSA) is 198 Å². The van der Waals surface area contributed by atoms with Crippen molar-refractivity contribution >= 4 is 68.8 Å². The largest absolute Gasteiger partial charge is 0.378 e. The highest BCUT2D eigenvalue weighted by molar-refractivity contribution is 7.15. The van der Waals surface area contributed by atoms with Crippen LogP contribution in [0.2, 0.25) is 5.02 Å². The number of ether oxygens (including phenoxy) is 1. The van der Waals surface area contributed by atoms with E-state index in [0.29, 0.717) is 54.1 Å². The maximum Gasteiger partial charge on any atom is 0.247 e. The van der Waals surface area contributed by atoms with Crippen LogP contribution in [0.5, 0.6) is 0 Å². The number of aliphatic imine (C=N–C) groups is 1. The van der Waals surface area contributed by atoms with E-state index in [1.165, 1.54) is 4.88 Å². The van der Waals surface area contributed by atoms with Crippen molar-refractivity contribution in [2.75, 3.05) is 38.2 Å². The summed E-state index contributed by atoms with van der Waals surface area (Å²) in [5, 5.41) is 27.5. The molecule has 3 aromatic heterocycles. The SMILES string of the molecule is Cc1sc2c(c1C)C(c1ccc(Cl)cc1)=N[C@@H](CC(=O)NCCOCCN[C@@H](C)C(=O)N[C@H](C(=O)N1CCC[C@H]1C(=O)Nc1snnc1-c1ccccc1)C1CCCCC1)c1nnc(C)n1-2. The summed E-state index contributed by atoms with van der Waals surface area (Å²) in [5.41, 5.74) is 5.22. The molecule has 4 amide bonds. The first-order valence-corrected chi connectivity index (χ1v) is 24.7. The number of hydrogen-bond acceptors (Lipinski definition) is 13. The van der Waals surface area contributed by atoms with Gasteiger partial charge in [0, 0.05) is 57.8 Å². The number of fused-ring (bicyclic) bond motifs is 3. The zero-order valence-electron chi connectivity index (χ0n) is 37.6. The number of anilines is 1. The molecule has 2 aliphatic heterocycles. The zero-order valence-corrected chi connectivity index (χ0v) is 40.0. The molecule has 4 atom stereocenters. The predicted octanol–water partition coefficient (Wildman–Crippen LogP) is 6.51. The van der Waals surface area contributed by atoms with E-state index >= 15 is 0 Å². The van der Waals surface area contributed by atoms with Gasteiger partial charge in [-0.15, -0.1) is 26.6 Å². The summed E-state index contributed by atoms with van der Waals surface area (Å²) >= 11 is 9.01. The number of aryl methyl sites for hydroxylation is 2. The highest BCUT2D eigenvalue weighted by Crippen LogP contribution is 2.40. The van der Waals surface area contributed by atoms with Crippen molar-refractivity contribution in [1.82, 2.24) is 45.2 Å². The maximum absolute atomic E-state index is 14.4. The van der Waals surface area contributed by atoms with Gasteiger partial charge in [0.05, 0.1) is 31.4 Å². The molecular weight excluding hydrogens is 898 g/mol. The van der Waals surface area contributed by atoms with E-state index in [9.17, 15) is 19.2 Å². The smallest absolute Gasteiger partial charge is 0.247 e. The van der Waals surface area contributed by atoms with Crippen LogP contribution in [-0.2, 0) is 23.9 Å². The first-order valence-electron chi connectivity index (χ1n) is 22.7. The standard InChI is InChI=1S/C47H56ClN11O5S2/c1-27-29(3)65-47-38(27)39(33-17-19-34(48)20-18-33)51-35(42-56-54-30(4)59(42)47)26-37(60)50-22-25-64-24-21-49-28(2)43(61)52-41(32-14-9-6-10-15-32)46(63)58-23-11-16-36(58)44(62)53-45-40(55-57-66-45)31-12-7-5-8-13-31/h5,7-8,12-13,17-20,28,32,35-36,41,49H,6,9-11,14-16,21-26H2,1-4H3,(H,50,60)(H,52,61)(H,53,62)/t28-,35-,36-,41-/m0/s1. The lowest BCUT2D eigenvalue weighted by Crippen LogP contribution is -2.58. The number of amides is 4. The molecule has 0 spiro atoms. The number of carbonyl (C=O) groups is 4. The summed E-state index contributed by atoms with van der Waals surface area (Å²) in [6.45, 7) is 9.49. The molecule has 1 aliphatic carbocycles. The lowest BCUT2D eigenvalue weighted by atomic mass is 9.83. The second-order valence-corrected chi connectivity index (χ2v) is 19.5. The van der Waals surface area contributed by atoms with Gasteiger partial charge in [0.1, 0.15) is 39.6 Å². The molecule has 2 aromatic carbocycles. The fourth-order valence-corrected chi connectivity index (χ4v) is 11.0. The molecule has 4 N–H and O–H groups in total. The van der Waals surface area contributed by atoms with Crippen molar-refractivity contribution in [1.29, 1.82) is 0 Å². The van der Waals surface area contributed by atoms with Gasteiger partial charge in [0.2, 0.25) is 23.6 Å². The number of rotatable bonds is 17. The Bertz CT molecular complexity index is 2550. The number of halogens is 1. The summed E-state index contributed by atoms with van der Waals surface area (Å²) in [4.78, 5) is 63.2. The zero-order chi connectivity index (χ0) is 46.3. The number of nitrogens with one attached hydrogen (secondary N) is 4. The normalized spacial score (nSPS) is 18.1. The average Bonchev–Trinajstić information content (AvgIpc) is 4.13. The van der Waals surface area contributed by atoms with E-state index in [0.717, 1.165) is 82.4 Å². The fraction of sp³-hybridized carbons (Fsp3) is 0.468. The van der Waals surface area contributed by atoms with Gasteiger partial charge in [0.25, 0.3) is 0 Å². The molecule has 3 aliphatic rings. The van der Waals surface area contributed by atoms with E-state index in [1.807, 2.05) is 66.1 Å². The van der Waals surface area contributed by atoms with Crippen LogP contribution in [0.1, 0.15) is 97.5 Å². The van der Waals surface area contributed by atoms with Gasteiger partial charge in [0.15, 0.2) is 5.82 Å². The Morgan fingerprint density at radius 2 is 1.65 bits per heavy atom. The van der Waals surface area contributed by atoms with Crippen molar-refractivity contribution in [2.45, 2.75) is 103 Å². The number of carbonyl (C=O) groups excluding carboxylic acids is 4. The van der Waals surface area contributed by atoms with Gasteiger partial charge in [-0.25, -0.2) is 0 Å². The summed E-state index contributed by atoms with van der Waals surface area (Å²) < 4.78 is 11.9. The first-order chi connectivity index (χ1) is 32.0. The Morgan fingerprint density at radius 1 is 0.894 bits per heavy atom. The maximum atomic E-state index is 14.4. The van der Waals surface area contributed by atoms with Crippen molar-refractivity contribution in [3.05, 3.63) is 92.8 Å². The number of aromatic nitrogens is 5. The van der Waals surface area contributed by atoms with Gasteiger partial charge in [-0.3, -0.25) is 28.7 Å². The van der Waals surface area contributed by atoms with Gasteiger partial charge < -0.3 is 30.9 Å². The molecule has 19 heteroatoms. The molecule has 348 valence electrons. The minimum atomic E-state index is -0.741. The molecule has 2 fully saturated rings. The number of thiophene rings is 1. The third-order valence-corrected chi connectivity index (χ3v) is 14.8. The van der Waals surface area contributed by atoms with Crippen LogP contribution in [-0.4, -0.2) is 110 Å². The summed E-state index contributed by atoms with van der Waals surface area (Å²) in [6.07, 6.45) is 5.99. The molecule has 0 unspecified atom stereocenters. The highest BCUT2D eigenvalue weighted by Gasteiger charge is 2.41. The average molecular weight is 955 g/mol. The Kier molecular flexibility index (Phi) is 15.3. The fourth-order valence-electron chi connectivity index (χ4n) is 9.05. The van der Waals surface area contributed by atoms with Crippen LogP contribution < -0.4 is 21.3 Å². The van der Waals surface area contributed by atoms with Crippen LogP contribution in [0.25, 0.3) is 16.3 Å². The van der Waals surface area contributed by atoms with Crippen LogP contribution in [0.3, 0.4) is 0 Å². The lowest BCUT2D eigenvalue weighted by Gasteiger charge is -2.35. The lowest BCUT2D eigenvalue weighted by molar-refractivity contribution is -0.142. The third kappa shape index (κ3) is 10.6. The Hall–Kier alpha value is -5.40. The minimum Gasteiger partial charge on any atom is -0.378 e. The third-order valence-electron chi connectivity index (χ3n) is 12.7.